The molecule has 0 aromatic rings. The maximum absolute atomic E-state index is 10.4. The van der Waals surface area contributed by atoms with Crippen LogP contribution in [-0.4, -0.2) is 11.1 Å². The van der Waals surface area contributed by atoms with Crippen molar-refractivity contribution in [3.8, 4) is 0 Å². The molecule has 0 unspecified atom stereocenters. The first-order valence-electron chi connectivity index (χ1n) is 3.86. The average Bonchev–Trinajstić information content (AvgIpc) is 1.93. The maximum atomic E-state index is 10.4. The Balaban J connectivity index is 2.57. The average molecular weight is 163 g/mol. The van der Waals surface area contributed by atoms with E-state index in [0.29, 0.717) is 0 Å². The van der Waals surface area contributed by atoms with Crippen molar-refractivity contribution in [3.05, 3.63) is 42.4 Å². The van der Waals surface area contributed by atoms with E-state index < -0.39 is 5.97 Å². The quantitative estimate of drug-likeness (QED) is 0.676. The number of carboxylic acids is 1. The molecular formula is C10H11O2. The molecule has 0 saturated carbocycles. The zero-order chi connectivity index (χ0) is 8.81. The van der Waals surface area contributed by atoms with Gasteiger partial charge < -0.3 is 5.11 Å². The van der Waals surface area contributed by atoms with E-state index in [0.717, 1.165) is 12.0 Å². The second-order valence-corrected chi connectivity index (χ2v) is 2.56. The van der Waals surface area contributed by atoms with Crippen LogP contribution >= 0.6 is 0 Å². The highest BCUT2D eigenvalue weighted by Crippen LogP contribution is 2.10. The predicted molar refractivity (Wildman–Crippen MR) is 47.5 cm³/mol. The van der Waals surface area contributed by atoms with Gasteiger partial charge in [0.25, 0.3) is 0 Å². The molecule has 1 aliphatic carbocycles. The predicted octanol–water partition coefficient (Wildman–Crippen LogP) is 2.11. The molecule has 1 aliphatic rings. The fraction of sp³-hybridized carbons (Fsp3) is 0.200. The molecule has 0 aliphatic heterocycles. The molecule has 12 heavy (non-hydrogen) atoms. The van der Waals surface area contributed by atoms with Crippen LogP contribution in [-0.2, 0) is 4.79 Å². The lowest BCUT2D eigenvalue weighted by Crippen LogP contribution is -1.97. The summed E-state index contributed by atoms with van der Waals surface area (Å²) in [5.74, 6) is -0.782. The Bertz CT molecular complexity index is 247. The molecule has 1 radical (unpaired) electrons. The van der Waals surface area contributed by atoms with Crippen LogP contribution in [0.3, 0.4) is 0 Å². The van der Waals surface area contributed by atoms with Gasteiger partial charge in [0.1, 0.15) is 0 Å². The molecule has 2 nitrogen and oxygen atoms in total. The molecule has 0 aromatic heterocycles. The lowest BCUT2D eigenvalue weighted by molar-refractivity contribution is -0.136. The molecule has 0 aromatic carbocycles. The summed E-state index contributed by atoms with van der Waals surface area (Å²) in [5.41, 5.74) is 0.864. The highest BCUT2D eigenvalue weighted by molar-refractivity contribution is 5.71. The minimum atomic E-state index is -0.782. The first-order chi connectivity index (χ1) is 5.79. The van der Waals surface area contributed by atoms with Crippen molar-refractivity contribution < 1.29 is 9.90 Å². The van der Waals surface area contributed by atoms with E-state index in [1.54, 1.807) is 0 Å². The zero-order valence-electron chi connectivity index (χ0n) is 6.73. The minimum absolute atomic E-state index is 0.109. The van der Waals surface area contributed by atoms with Crippen LogP contribution in [0.1, 0.15) is 12.8 Å². The number of hydrogen-bond acceptors (Lipinski definition) is 1. The summed E-state index contributed by atoms with van der Waals surface area (Å²) < 4.78 is 0. The van der Waals surface area contributed by atoms with Crippen LogP contribution in [0.15, 0.2) is 36.0 Å². The summed E-state index contributed by atoms with van der Waals surface area (Å²) in [7, 11) is 0. The lowest BCUT2D eigenvalue weighted by atomic mass is 10.1. The fourth-order valence-corrected chi connectivity index (χ4v) is 0.994. The van der Waals surface area contributed by atoms with Gasteiger partial charge in [0.2, 0.25) is 0 Å². The first-order valence-corrected chi connectivity index (χ1v) is 3.86. The molecule has 2 heteroatoms. The molecule has 0 bridgehead atoms. The molecular weight excluding hydrogens is 152 g/mol. The second-order valence-electron chi connectivity index (χ2n) is 2.56. The van der Waals surface area contributed by atoms with E-state index >= 15 is 0 Å². The Kier molecular flexibility index (Phi) is 3.33. The van der Waals surface area contributed by atoms with Crippen molar-refractivity contribution in [1.82, 2.24) is 0 Å². The van der Waals surface area contributed by atoms with Gasteiger partial charge in [0, 0.05) is 6.42 Å². The maximum Gasteiger partial charge on any atom is 0.307 e. The summed E-state index contributed by atoms with van der Waals surface area (Å²) in [5, 5.41) is 8.52. The van der Waals surface area contributed by atoms with Gasteiger partial charge in [-0.25, -0.2) is 0 Å². The molecule has 0 saturated heterocycles. The van der Waals surface area contributed by atoms with Crippen molar-refractivity contribution in [2.75, 3.05) is 0 Å². The molecule has 63 valence electrons. The minimum Gasteiger partial charge on any atom is -0.481 e. The van der Waals surface area contributed by atoms with Gasteiger partial charge >= 0.3 is 5.97 Å². The summed E-state index contributed by atoms with van der Waals surface area (Å²) in [6.45, 7) is 0. The third-order valence-corrected chi connectivity index (χ3v) is 1.54. The van der Waals surface area contributed by atoms with Gasteiger partial charge in [-0.3, -0.25) is 4.79 Å². The summed E-state index contributed by atoms with van der Waals surface area (Å²) in [6.07, 6.45) is 12.4. The van der Waals surface area contributed by atoms with Crippen molar-refractivity contribution in [2.45, 2.75) is 12.8 Å². The fourth-order valence-electron chi connectivity index (χ4n) is 0.994. The van der Waals surface area contributed by atoms with Crippen molar-refractivity contribution in [2.24, 2.45) is 0 Å². The largest absolute Gasteiger partial charge is 0.481 e. The zero-order valence-corrected chi connectivity index (χ0v) is 6.73. The Morgan fingerprint density at radius 1 is 1.42 bits per heavy atom. The molecule has 0 spiro atoms. The number of hydrogen-bond donors (Lipinski definition) is 1. The van der Waals surface area contributed by atoms with Crippen LogP contribution in [0.2, 0.25) is 0 Å². The van der Waals surface area contributed by atoms with Crippen LogP contribution in [0.5, 0.6) is 0 Å². The van der Waals surface area contributed by atoms with Gasteiger partial charge in [-0.15, -0.1) is 0 Å². The number of aliphatic carboxylic acids is 1. The summed E-state index contributed by atoms with van der Waals surface area (Å²) in [6, 6.07) is 0. The Morgan fingerprint density at radius 3 is 3.00 bits per heavy atom. The molecule has 0 atom stereocenters. The topological polar surface area (TPSA) is 37.3 Å². The van der Waals surface area contributed by atoms with Gasteiger partial charge in [-0.05, 0) is 6.42 Å². The van der Waals surface area contributed by atoms with E-state index in [9.17, 15) is 4.79 Å². The third-order valence-electron chi connectivity index (χ3n) is 1.54. The van der Waals surface area contributed by atoms with Crippen molar-refractivity contribution >= 4 is 5.97 Å². The smallest absolute Gasteiger partial charge is 0.307 e. The van der Waals surface area contributed by atoms with Crippen LogP contribution in [0, 0.1) is 6.42 Å². The molecule has 0 amide bonds. The molecule has 0 heterocycles. The van der Waals surface area contributed by atoms with Gasteiger partial charge in [0.05, 0.1) is 6.42 Å². The Hall–Kier alpha value is -1.31. The monoisotopic (exact) mass is 163 g/mol. The number of carboxylic acid groups (broad SMARTS) is 1. The normalized spacial score (nSPS) is 26.2. The summed E-state index contributed by atoms with van der Waals surface area (Å²) >= 11 is 0. The molecule has 1 rings (SSSR count). The van der Waals surface area contributed by atoms with Crippen LogP contribution in [0.4, 0.5) is 0 Å². The van der Waals surface area contributed by atoms with Crippen molar-refractivity contribution in [3.63, 3.8) is 0 Å². The Morgan fingerprint density at radius 2 is 2.25 bits per heavy atom. The SMILES string of the molecule is O=C(O)C/C1=C/C/C=C\C=C/[CH]1. The van der Waals surface area contributed by atoms with E-state index in [4.69, 9.17) is 5.11 Å². The Labute approximate surface area is 71.9 Å². The van der Waals surface area contributed by atoms with Gasteiger partial charge in [-0.1, -0.05) is 36.0 Å². The highest BCUT2D eigenvalue weighted by Gasteiger charge is 2.02. The second kappa shape index (κ2) is 4.54. The van der Waals surface area contributed by atoms with Crippen LogP contribution < -0.4 is 0 Å². The third kappa shape index (κ3) is 3.19. The lowest BCUT2D eigenvalue weighted by Gasteiger charge is -2.00. The number of carbonyl (C=O) groups is 1. The van der Waals surface area contributed by atoms with Crippen LogP contribution in [0.25, 0.3) is 0 Å². The van der Waals surface area contributed by atoms with E-state index in [1.165, 1.54) is 0 Å². The van der Waals surface area contributed by atoms with E-state index in [1.807, 2.05) is 36.8 Å². The standard InChI is InChI=1S/C10H11O2/c11-10(12)8-9-6-4-2-1-3-5-7-9/h1-4,6-7H,5,8H2,(H,11,12)/b3-1-,4-2-,9-7+. The number of allylic oxidation sites excluding steroid dienone is 5. The van der Waals surface area contributed by atoms with Gasteiger partial charge in [0.15, 0.2) is 0 Å². The van der Waals surface area contributed by atoms with E-state index in [-0.39, 0.29) is 6.42 Å². The summed E-state index contributed by atoms with van der Waals surface area (Å²) in [4.78, 5) is 10.4. The highest BCUT2D eigenvalue weighted by atomic mass is 16.4. The van der Waals surface area contributed by atoms with E-state index in [2.05, 4.69) is 0 Å². The first kappa shape index (κ1) is 8.78. The van der Waals surface area contributed by atoms with Crippen molar-refractivity contribution in [1.29, 1.82) is 0 Å². The number of rotatable bonds is 2. The molecule has 1 N–H and O–H groups in total. The van der Waals surface area contributed by atoms with Gasteiger partial charge in [-0.2, -0.15) is 0 Å². The molecule has 0 fully saturated rings.